The Morgan fingerprint density at radius 2 is 2.17 bits per heavy atom. The molecule has 1 aromatic heterocycles. The molecule has 0 spiro atoms. The molecule has 1 unspecified atom stereocenters. The summed E-state index contributed by atoms with van der Waals surface area (Å²) in [4.78, 5) is 0. The SMILES string of the molecule is CCNC(Cc1ccoc1)C1(OC)CCCCC1. The van der Waals surface area contributed by atoms with E-state index in [9.17, 15) is 0 Å². The molecular weight excluding hydrogens is 226 g/mol. The van der Waals surface area contributed by atoms with Crippen LogP contribution in [0.2, 0.25) is 0 Å². The van der Waals surface area contributed by atoms with Crippen LogP contribution >= 0.6 is 0 Å². The molecule has 0 bridgehead atoms. The molecule has 1 aliphatic rings. The Balaban J connectivity index is 2.10. The van der Waals surface area contributed by atoms with Gasteiger partial charge in [0.25, 0.3) is 0 Å². The van der Waals surface area contributed by atoms with Crippen LogP contribution in [0.3, 0.4) is 0 Å². The topological polar surface area (TPSA) is 34.4 Å². The van der Waals surface area contributed by atoms with Crippen molar-refractivity contribution in [2.75, 3.05) is 13.7 Å². The minimum Gasteiger partial charge on any atom is -0.472 e. The normalized spacial score (nSPS) is 20.8. The first-order chi connectivity index (χ1) is 8.80. The fourth-order valence-corrected chi connectivity index (χ4v) is 3.18. The smallest absolute Gasteiger partial charge is 0.0935 e. The highest BCUT2D eigenvalue weighted by Crippen LogP contribution is 2.35. The largest absolute Gasteiger partial charge is 0.472 e. The molecule has 2 rings (SSSR count). The van der Waals surface area contributed by atoms with E-state index in [1.165, 1.54) is 37.7 Å². The molecule has 102 valence electrons. The Hall–Kier alpha value is -0.800. The van der Waals surface area contributed by atoms with Gasteiger partial charge in [0.15, 0.2) is 0 Å². The van der Waals surface area contributed by atoms with Gasteiger partial charge in [0, 0.05) is 13.2 Å². The molecule has 1 saturated carbocycles. The van der Waals surface area contributed by atoms with Gasteiger partial charge in [-0.2, -0.15) is 0 Å². The Kier molecular flexibility index (Phi) is 4.84. The Labute approximate surface area is 110 Å². The van der Waals surface area contributed by atoms with Gasteiger partial charge in [-0.25, -0.2) is 0 Å². The van der Waals surface area contributed by atoms with Crippen LogP contribution in [0.25, 0.3) is 0 Å². The van der Waals surface area contributed by atoms with Crippen LogP contribution in [-0.4, -0.2) is 25.3 Å². The number of methoxy groups -OCH3 is 1. The number of hydrogen-bond acceptors (Lipinski definition) is 3. The fraction of sp³-hybridized carbons (Fsp3) is 0.733. The second kappa shape index (κ2) is 6.39. The van der Waals surface area contributed by atoms with Crippen molar-refractivity contribution < 1.29 is 9.15 Å². The van der Waals surface area contributed by atoms with E-state index in [1.807, 2.05) is 13.4 Å². The zero-order chi connectivity index (χ0) is 12.8. The minimum atomic E-state index is 0.00549. The summed E-state index contributed by atoms with van der Waals surface area (Å²) in [5.74, 6) is 0. The molecule has 1 aliphatic carbocycles. The molecular formula is C15H25NO2. The van der Waals surface area contributed by atoms with Gasteiger partial charge in [0.1, 0.15) is 0 Å². The molecule has 1 fully saturated rings. The van der Waals surface area contributed by atoms with E-state index in [0.717, 1.165) is 13.0 Å². The summed E-state index contributed by atoms with van der Waals surface area (Å²) in [7, 11) is 1.87. The van der Waals surface area contributed by atoms with E-state index >= 15 is 0 Å². The first kappa shape index (κ1) is 13.6. The lowest BCUT2D eigenvalue weighted by Gasteiger charge is -2.43. The highest BCUT2D eigenvalue weighted by Gasteiger charge is 2.39. The third-order valence-electron chi connectivity index (χ3n) is 4.21. The molecule has 1 aromatic rings. The summed E-state index contributed by atoms with van der Waals surface area (Å²) < 4.78 is 11.1. The predicted molar refractivity (Wildman–Crippen MR) is 72.7 cm³/mol. The monoisotopic (exact) mass is 251 g/mol. The molecule has 0 aromatic carbocycles. The molecule has 0 amide bonds. The molecule has 18 heavy (non-hydrogen) atoms. The van der Waals surface area contributed by atoms with Gasteiger partial charge in [-0.15, -0.1) is 0 Å². The predicted octanol–water partition coefficient (Wildman–Crippen LogP) is 3.15. The van der Waals surface area contributed by atoms with Gasteiger partial charge < -0.3 is 14.5 Å². The fourth-order valence-electron chi connectivity index (χ4n) is 3.18. The summed E-state index contributed by atoms with van der Waals surface area (Å²) in [5.41, 5.74) is 1.26. The van der Waals surface area contributed by atoms with Crippen LogP contribution < -0.4 is 5.32 Å². The maximum Gasteiger partial charge on any atom is 0.0935 e. The van der Waals surface area contributed by atoms with E-state index < -0.39 is 0 Å². The minimum absolute atomic E-state index is 0.00549. The zero-order valence-corrected chi connectivity index (χ0v) is 11.6. The highest BCUT2D eigenvalue weighted by molar-refractivity contribution is 5.11. The van der Waals surface area contributed by atoms with Crippen LogP contribution in [0.4, 0.5) is 0 Å². The van der Waals surface area contributed by atoms with Crippen molar-refractivity contribution in [2.45, 2.75) is 57.1 Å². The number of nitrogens with one attached hydrogen (secondary N) is 1. The van der Waals surface area contributed by atoms with Crippen LogP contribution in [0, 0.1) is 0 Å². The third kappa shape index (κ3) is 2.96. The van der Waals surface area contributed by atoms with Crippen molar-refractivity contribution in [3.8, 4) is 0 Å². The summed E-state index contributed by atoms with van der Waals surface area (Å²) in [6.07, 6.45) is 10.8. The van der Waals surface area contributed by atoms with Crippen molar-refractivity contribution in [3.63, 3.8) is 0 Å². The first-order valence-corrected chi connectivity index (χ1v) is 7.10. The van der Waals surface area contributed by atoms with Gasteiger partial charge in [0.2, 0.25) is 0 Å². The molecule has 0 radical (unpaired) electrons. The lowest BCUT2D eigenvalue weighted by molar-refractivity contribution is -0.0670. The van der Waals surface area contributed by atoms with E-state index in [-0.39, 0.29) is 5.60 Å². The number of furan rings is 1. The zero-order valence-electron chi connectivity index (χ0n) is 11.6. The van der Waals surface area contributed by atoms with Crippen molar-refractivity contribution in [1.29, 1.82) is 0 Å². The van der Waals surface area contributed by atoms with Crippen molar-refractivity contribution in [2.24, 2.45) is 0 Å². The van der Waals surface area contributed by atoms with E-state index in [0.29, 0.717) is 6.04 Å². The van der Waals surface area contributed by atoms with Crippen molar-refractivity contribution in [1.82, 2.24) is 5.32 Å². The second-order valence-corrected chi connectivity index (χ2v) is 5.28. The third-order valence-corrected chi connectivity index (χ3v) is 4.21. The number of hydrogen-bond donors (Lipinski definition) is 1. The molecule has 3 nitrogen and oxygen atoms in total. The average molecular weight is 251 g/mol. The highest BCUT2D eigenvalue weighted by atomic mass is 16.5. The maximum absolute atomic E-state index is 5.95. The first-order valence-electron chi connectivity index (χ1n) is 7.10. The number of ether oxygens (including phenoxy) is 1. The van der Waals surface area contributed by atoms with E-state index in [4.69, 9.17) is 9.15 Å². The van der Waals surface area contributed by atoms with Crippen molar-refractivity contribution in [3.05, 3.63) is 24.2 Å². The van der Waals surface area contributed by atoms with Gasteiger partial charge >= 0.3 is 0 Å². The summed E-state index contributed by atoms with van der Waals surface area (Å²) in [6.45, 7) is 3.14. The Bertz CT molecular complexity index is 328. The van der Waals surface area contributed by atoms with E-state index in [1.54, 1.807) is 6.26 Å². The van der Waals surface area contributed by atoms with Crippen LogP contribution in [0.5, 0.6) is 0 Å². The molecule has 0 saturated heterocycles. The van der Waals surface area contributed by atoms with Gasteiger partial charge in [-0.05, 0) is 37.4 Å². The van der Waals surface area contributed by atoms with Gasteiger partial charge in [-0.3, -0.25) is 0 Å². The second-order valence-electron chi connectivity index (χ2n) is 5.28. The quantitative estimate of drug-likeness (QED) is 0.843. The molecule has 1 atom stereocenters. The average Bonchev–Trinajstić information content (AvgIpc) is 2.92. The lowest BCUT2D eigenvalue weighted by atomic mass is 9.77. The molecule has 1 N–H and O–H groups in total. The molecule has 3 heteroatoms. The Morgan fingerprint density at radius 3 is 2.72 bits per heavy atom. The number of rotatable bonds is 6. The van der Waals surface area contributed by atoms with Crippen LogP contribution in [0.1, 0.15) is 44.6 Å². The lowest BCUT2D eigenvalue weighted by Crippen LogP contribution is -2.54. The van der Waals surface area contributed by atoms with Gasteiger partial charge in [-0.1, -0.05) is 26.2 Å². The summed E-state index contributed by atoms with van der Waals surface area (Å²) >= 11 is 0. The molecule has 1 heterocycles. The van der Waals surface area contributed by atoms with Gasteiger partial charge in [0.05, 0.1) is 18.1 Å². The van der Waals surface area contributed by atoms with Crippen LogP contribution in [0.15, 0.2) is 23.0 Å². The summed E-state index contributed by atoms with van der Waals surface area (Å²) in [5, 5.41) is 3.62. The van der Waals surface area contributed by atoms with Crippen LogP contribution in [-0.2, 0) is 11.2 Å². The van der Waals surface area contributed by atoms with E-state index in [2.05, 4.69) is 18.3 Å². The summed E-state index contributed by atoms with van der Waals surface area (Å²) in [6, 6.07) is 2.43. The standard InChI is InChI=1S/C15H25NO2/c1-3-16-14(11-13-7-10-18-12-13)15(17-2)8-5-4-6-9-15/h7,10,12,14,16H,3-6,8-9,11H2,1-2H3. The molecule has 0 aliphatic heterocycles. The Morgan fingerprint density at radius 1 is 1.39 bits per heavy atom. The maximum atomic E-state index is 5.95. The van der Waals surface area contributed by atoms with Crippen molar-refractivity contribution >= 4 is 0 Å². The number of likely N-dealkylation sites (N-methyl/N-ethyl adjacent to an activating group) is 1.